The summed E-state index contributed by atoms with van der Waals surface area (Å²) < 4.78 is 11.5. The molecule has 6 nitrogen and oxygen atoms in total. The molecule has 136 valence electrons. The molecule has 3 saturated heterocycles. The van der Waals surface area contributed by atoms with Crippen LogP contribution in [0.25, 0.3) is 11.3 Å². The molecular weight excluding hydrogens is 348 g/mol. The molecule has 0 aliphatic carbocycles. The van der Waals surface area contributed by atoms with Gasteiger partial charge in [-0.1, -0.05) is 0 Å². The Kier molecular flexibility index (Phi) is 3.86. The molecule has 3 fully saturated rings. The van der Waals surface area contributed by atoms with Crippen molar-refractivity contribution in [1.82, 2.24) is 9.88 Å². The van der Waals surface area contributed by atoms with E-state index in [9.17, 15) is 0 Å². The van der Waals surface area contributed by atoms with E-state index in [2.05, 4.69) is 20.2 Å². The van der Waals surface area contributed by atoms with Crippen LogP contribution in [-0.2, 0) is 4.74 Å². The van der Waals surface area contributed by atoms with Gasteiger partial charge in [0.05, 0.1) is 19.3 Å². The fourth-order valence-electron chi connectivity index (χ4n) is 4.26. The van der Waals surface area contributed by atoms with Crippen molar-refractivity contribution in [2.24, 2.45) is 10.9 Å². The summed E-state index contributed by atoms with van der Waals surface area (Å²) in [5, 5.41) is 6.13. The third-order valence-electron chi connectivity index (χ3n) is 5.72. The lowest BCUT2D eigenvalue weighted by Gasteiger charge is -2.50. The van der Waals surface area contributed by atoms with Gasteiger partial charge in [0.1, 0.15) is 11.4 Å². The van der Waals surface area contributed by atoms with Crippen molar-refractivity contribution in [3.05, 3.63) is 29.6 Å². The second-order valence-electron chi connectivity index (χ2n) is 7.23. The maximum Gasteiger partial charge on any atom is 0.291 e. The third kappa shape index (κ3) is 2.75. The van der Waals surface area contributed by atoms with Crippen LogP contribution in [0.5, 0.6) is 5.75 Å². The van der Waals surface area contributed by atoms with Gasteiger partial charge >= 0.3 is 0 Å². The molecule has 0 amide bonds. The Morgan fingerprint density at radius 3 is 2.77 bits per heavy atom. The topological polar surface area (TPSA) is 59.0 Å². The molecule has 1 spiro atoms. The van der Waals surface area contributed by atoms with E-state index in [-0.39, 0.29) is 5.60 Å². The number of thiazole rings is 1. The van der Waals surface area contributed by atoms with Gasteiger partial charge in [0.15, 0.2) is 5.13 Å². The molecule has 5 heterocycles. The number of nitrogens with zero attached hydrogens (tertiary/aromatic N) is 3. The molecule has 1 N–H and O–H groups in total. The van der Waals surface area contributed by atoms with Crippen LogP contribution in [-0.4, -0.2) is 54.8 Å². The number of ether oxygens (including phenoxy) is 2. The number of aliphatic imine (C=N–C) groups is 1. The average molecular weight is 370 g/mol. The molecule has 1 aromatic carbocycles. The van der Waals surface area contributed by atoms with Crippen molar-refractivity contribution < 1.29 is 9.47 Å². The Morgan fingerprint density at radius 2 is 2.08 bits per heavy atom. The molecule has 4 aliphatic rings. The summed E-state index contributed by atoms with van der Waals surface area (Å²) in [7, 11) is 1.67. The Balaban J connectivity index is 1.27. The van der Waals surface area contributed by atoms with Crippen LogP contribution in [0.15, 0.2) is 34.6 Å². The summed E-state index contributed by atoms with van der Waals surface area (Å²) in [6, 6.07) is 8.55. The van der Waals surface area contributed by atoms with Crippen molar-refractivity contribution in [3.63, 3.8) is 0 Å². The molecule has 0 saturated carbocycles. The van der Waals surface area contributed by atoms with Gasteiger partial charge in [0.2, 0.25) is 0 Å². The number of rotatable bonds is 3. The molecule has 1 atom stereocenters. The van der Waals surface area contributed by atoms with Crippen molar-refractivity contribution in [3.8, 4) is 17.0 Å². The normalized spacial score (nSPS) is 29.5. The average Bonchev–Trinajstić information content (AvgIpc) is 3.31. The number of hydrogen-bond donors (Lipinski definition) is 1. The smallest absolute Gasteiger partial charge is 0.291 e. The number of methoxy groups -OCH3 is 1. The molecule has 7 heteroatoms. The third-order valence-corrected chi connectivity index (χ3v) is 6.47. The van der Waals surface area contributed by atoms with Crippen molar-refractivity contribution in [1.29, 1.82) is 0 Å². The first-order chi connectivity index (χ1) is 12.7. The van der Waals surface area contributed by atoms with Gasteiger partial charge in [-0.15, -0.1) is 11.3 Å². The van der Waals surface area contributed by atoms with E-state index < -0.39 is 0 Å². The number of fused-ring (bicyclic) bond motifs is 2. The van der Waals surface area contributed by atoms with Crippen LogP contribution in [0.4, 0.5) is 5.13 Å². The van der Waals surface area contributed by atoms with E-state index >= 15 is 0 Å². The molecule has 4 aliphatic heterocycles. The number of amidine groups is 1. The predicted octanol–water partition coefficient (Wildman–Crippen LogP) is 3.08. The first kappa shape index (κ1) is 16.1. The van der Waals surface area contributed by atoms with Crippen molar-refractivity contribution in [2.75, 3.05) is 38.6 Å². The number of nitrogens with one attached hydrogen (secondary N) is 1. The zero-order valence-corrected chi connectivity index (χ0v) is 15.6. The first-order valence-electron chi connectivity index (χ1n) is 9.07. The Morgan fingerprint density at radius 1 is 1.27 bits per heavy atom. The van der Waals surface area contributed by atoms with Crippen LogP contribution in [0.2, 0.25) is 0 Å². The minimum Gasteiger partial charge on any atom is -0.497 e. The SMILES string of the molecule is COc1ccc(-c2csc(NC3=NCC4(CN5CCC4CC5)O3)n2)cc1. The second-order valence-corrected chi connectivity index (χ2v) is 8.09. The standard InChI is InChI=1S/C19H22N4O2S/c1-24-15-4-2-13(3-5-15)16-10-26-18(21-16)22-17-20-11-19(25-17)12-23-8-6-14(19)7-9-23/h2-5,10,14H,6-9,11-12H2,1H3,(H,20,21,22). The molecule has 26 heavy (non-hydrogen) atoms. The number of benzene rings is 1. The van der Waals surface area contributed by atoms with E-state index in [1.165, 1.54) is 25.9 Å². The Labute approximate surface area is 156 Å². The van der Waals surface area contributed by atoms with Gasteiger partial charge in [-0.05, 0) is 50.2 Å². The van der Waals surface area contributed by atoms with E-state index in [0.29, 0.717) is 11.9 Å². The highest BCUT2D eigenvalue weighted by molar-refractivity contribution is 7.14. The summed E-state index contributed by atoms with van der Waals surface area (Å²) >= 11 is 1.57. The van der Waals surface area contributed by atoms with E-state index in [1.807, 2.05) is 29.6 Å². The Hall–Kier alpha value is -2.12. The number of hydrogen-bond acceptors (Lipinski definition) is 7. The van der Waals surface area contributed by atoms with Gasteiger partial charge in [-0.25, -0.2) is 9.98 Å². The van der Waals surface area contributed by atoms with Crippen LogP contribution in [0.1, 0.15) is 12.8 Å². The van der Waals surface area contributed by atoms with Crippen molar-refractivity contribution in [2.45, 2.75) is 18.4 Å². The predicted molar refractivity (Wildman–Crippen MR) is 103 cm³/mol. The summed E-state index contributed by atoms with van der Waals surface area (Å²) in [5.74, 6) is 1.47. The minimum absolute atomic E-state index is 0.116. The van der Waals surface area contributed by atoms with E-state index in [1.54, 1.807) is 18.4 Å². The first-order valence-corrected chi connectivity index (χ1v) is 9.95. The largest absolute Gasteiger partial charge is 0.497 e. The Bertz CT molecular complexity index is 826. The lowest BCUT2D eigenvalue weighted by molar-refractivity contribution is -0.0829. The fraction of sp³-hybridized carbons (Fsp3) is 0.474. The molecule has 2 aromatic rings. The van der Waals surface area contributed by atoms with Gasteiger partial charge in [-0.3, -0.25) is 10.2 Å². The van der Waals surface area contributed by atoms with Crippen LogP contribution in [0, 0.1) is 5.92 Å². The molecular formula is C19H22N4O2S. The van der Waals surface area contributed by atoms with Gasteiger partial charge < -0.3 is 9.47 Å². The lowest BCUT2D eigenvalue weighted by Crippen LogP contribution is -2.61. The van der Waals surface area contributed by atoms with E-state index in [4.69, 9.17) is 9.47 Å². The highest BCUT2D eigenvalue weighted by Crippen LogP contribution is 2.41. The van der Waals surface area contributed by atoms with Gasteiger partial charge in [0, 0.05) is 23.4 Å². The molecule has 2 bridgehead atoms. The van der Waals surface area contributed by atoms with Gasteiger partial charge in [-0.2, -0.15) is 0 Å². The molecule has 1 aromatic heterocycles. The number of piperidine rings is 3. The fourth-order valence-corrected chi connectivity index (χ4v) is 4.97. The highest BCUT2D eigenvalue weighted by atomic mass is 32.1. The van der Waals surface area contributed by atoms with Crippen molar-refractivity contribution >= 4 is 22.5 Å². The molecule has 1 unspecified atom stereocenters. The zero-order chi connectivity index (χ0) is 17.6. The molecule has 6 rings (SSSR count). The number of anilines is 1. The monoisotopic (exact) mass is 370 g/mol. The quantitative estimate of drug-likeness (QED) is 0.900. The van der Waals surface area contributed by atoms with E-state index in [0.717, 1.165) is 35.2 Å². The summed E-state index contributed by atoms with van der Waals surface area (Å²) in [6.45, 7) is 4.17. The maximum atomic E-state index is 6.32. The van der Waals surface area contributed by atoms with Gasteiger partial charge in [0.25, 0.3) is 6.02 Å². The van der Waals surface area contributed by atoms with Crippen LogP contribution >= 0.6 is 11.3 Å². The maximum absolute atomic E-state index is 6.32. The lowest BCUT2D eigenvalue weighted by atomic mass is 9.75. The molecule has 0 radical (unpaired) electrons. The summed E-state index contributed by atoms with van der Waals surface area (Å²) in [4.78, 5) is 11.8. The minimum atomic E-state index is -0.116. The van der Waals surface area contributed by atoms with Crippen LogP contribution in [0.3, 0.4) is 0 Å². The number of aromatic nitrogens is 1. The second kappa shape index (κ2) is 6.25. The summed E-state index contributed by atoms with van der Waals surface area (Å²) in [6.07, 6.45) is 2.45. The highest BCUT2D eigenvalue weighted by Gasteiger charge is 2.51. The summed E-state index contributed by atoms with van der Waals surface area (Å²) in [5.41, 5.74) is 1.89. The van der Waals surface area contributed by atoms with Crippen LogP contribution < -0.4 is 10.1 Å². The zero-order valence-electron chi connectivity index (χ0n) is 14.8.